The summed E-state index contributed by atoms with van der Waals surface area (Å²) >= 11 is 12.1. The van der Waals surface area contributed by atoms with Crippen LogP contribution in [0.15, 0.2) is 133 Å². The highest BCUT2D eigenvalue weighted by atomic mass is 35.5. The van der Waals surface area contributed by atoms with Crippen LogP contribution >= 0.6 is 23.2 Å². The second-order valence-corrected chi connectivity index (χ2v) is 11.8. The molecular weight excluding hydrogens is 687 g/mol. The van der Waals surface area contributed by atoms with Crippen molar-refractivity contribution in [1.29, 1.82) is 0 Å². The van der Waals surface area contributed by atoms with Crippen LogP contribution in [-0.2, 0) is 0 Å². The fourth-order valence-electron chi connectivity index (χ4n) is 5.16. The van der Waals surface area contributed by atoms with E-state index >= 15 is 0 Å². The molecule has 0 aromatic heterocycles. The standard InChI is InChI=1S/C20H14ClNO4.C20H16ClNO2.CH4/c1-26-19-10-7-15(12-18(19)14-3-2-4-16(21)11-14)20(23)13-5-8-17(9-6-13)22(24)25;1-24-19-10-7-15(20(23)13-5-8-17(22)9-6-13)12-18(19)14-3-2-4-16(21)11-14;/h2-12H,1H3;2-12H,22H2,1H3;1H4. The van der Waals surface area contributed by atoms with Gasteiger partial charge in [0.25, 0.3) is 5.69 Å². The number of hydrogen-bond acceptors (Lipinski definition) is 7. The number of carbonyl (C=O) groups is 2. The van der Waals surface area contributed by atoms with Gasteiger partial charge in [-0.05, 0) is 108 Å². The van der Waals surface area contributed by atoms with Crippen LogP contribution in [0.4, 0.5) is 11.4 Å². The smallest absolute Gasteiger partial charge is 0.269 e. The molecule has 6 aromatic carbocycles. The van der Waals surface area contributed by atoms with E-state index in [1.54, 1.807) is 87.0 Å². The van der Waals surface area contributed by atoms with Crippen molar-refractivity contribution in [1.82, 2.24) is 0 Å². The molecule has 51 heavy (non-hydrogen) atoms. The fraction of sp³-hybridized carbons (Fsp3) is 0.0732. The predicted octanol–water partition coefficient (Wildman–Crippen LogP) is 10.6. The summed E-state index contributed by atoms with van der Waals surface area (Å²) in [5, 5.41) is 12.0. The summed E-state index contributed by atoms with van der Waals surface area (Å²) in [5.74, 6) is 1.00. The number of benzene rings is 6. The van der Waals surface area contributed by atoms with Crippen LogP contribution in [0.25, 0.3) is 22.3 Å². The van der Waals surface area contributed by atoms with Gasteiger partial charge in [-0.3, -0.25) is 19.7 Å². The van der Waals surface area contributed by atoms with Crippen LogP contribution in [0.1, 0.15) is 39.3 Å². The van der Waals surface area contributed by atoms with Gasteiger partial charge in [-0.2, -0.15) is 0 Å². The van der Waals surface area contributed by atoms with Gasteiger partial charge in [-0.1, -0.05) is 54.9 Å². The number of nitrogens with two attached hydrogens (primary N) is 1. The Labute approximate surface area is 306 Å². The van der Waals surface area contributed by atoms with Crippen molar-refractivity contribution in [3.63, 3.8) is 0 Å². The minimum absolute atomic E-state index is 0. The summed E-state index contributed by atoms with van der Waals surface area (Å²) in [4.78, 5) is 35.7. The molecule has 8 nitrogen and oxygen atoms in total. The van der Waals surface area contributed by atoms with Crippen LogP contribution in [0, 0.1) is 10.1 Å². The molecule has 10 heteroatoms. The number of halogens is 2. The van der Waals surface area contributed by atoms with Crippen molar-refractivity contribution < 1.29 is 24.0 Å². The number of hydrogen-bond donors (Lipinski definition) is 1. The van der Waals surface area contributed by atoms with Crippen LogP contribution in [0.2, 0.25) is 10.0 Å². The minimum atomic E-state index is -0.501. The number of carbonyl (C=O) groups excluding carboxylic acids is 2. The molecule has 0 fully saturated rings. The summed E-state index contributed by atoms with van der Waals surface area (Å²) in [6.45, 7) is 0. The van der Waals surface area contributed by atoms with E-state index in [4.69, 9.17) is 38.4 Å². The molecule has 0 radical (unpaired) electrons. The Bertz CT molecular complexity index is 2190. The predicted molar refractivity (Wildman–Crippen MR) is 204 cm³/mol. The Balaban J connectivity index is 0.000000225. The molecule has 258 valence electrons. The molecule has 6 rings (SSSR count). The quantitative estimate of drug-likeness (QED) is 0.0682. The number of nitrogen functional groups attached to an aromatic ring is 1. The lowest BCUT2D eigenvalue weighted by Gasteiger charge is -2.11. The third kappa shape index (κ3) is 9.19. The van der Waals surface area contributed by atoms with Crippen LogP contribution in [0.3, 0.4) is 0 Å². The van der Waals surface area contributed by atoms with E-state index < -0.39 is 4.92 Å². The van der Waals surface area contributed by atoms with Crippen LogP contribution in [-0.4, -0.2) is 30.7 Å². The molecule has 6 aromatic rings. The van der Waals surface area contributed by atoms with Gasteiger partial charge in [0.05, 0.1) is 19.1 Å². The van der Waals surface area contributed by atoms with E-state index in [2.05, 4.69) is 0 Å². The monoisotopic (exact) mass is 720 g/mol. The van der Waals surface area contributed by atoms with E-state index in [9.17, 15) is 19.7 Å². The zero-order valence-electron chi connectivity index (χ0n) is 26.9. The molecule has 0 saturated heterocycles. The number of ether oxygens (including phenoxy) is 2. The van der Waals surface area contributed by atoms with Gasteiger partial charge >= 0.3 is 0 Å². The summed E-state index contributed by atoms with van der Waals surface area (Å²) < 4.78 is 10.8. The van der Waals surface area contributed by atoms with Crippen molar-refractivity contribution in [2.24, 2.45) is 0 Å². The number of nitrogens with zero attached hydrogens (tertiary/aromatic N) is 1. The molecule has 0 bridgehead atoms. The van der Waals surface area contributed by atoms with Crippen LogP contribution in [0.5, 0.6) is 11.5 Å². The molecule has 0 atom stereocenters. The maximum Gasteiger partial charge on any atom is 0.269 e. The third-order valence-electron chi connectivity index (χ3n) is 7.71. The highest BCUT2D eigenvalue weighted by Crippen LogP contribution is 2.34. The van der Waals surface area contributed by atoms with Crippen molar-refractivity contribution in [3.8, 4) is 33.8 Å². The van der Waals surface area contributed by atoms with E-state index in [1.807, 2.05) is 36.4 Å². The number of non-ortho nitro benzene ring substituents is 1. The zero-order valence-corrected chi connectivity index (χ0v) is 28.4. The Morgan fingerprint density at radius 2 is 0.980 bits per heavy atom. The highest BCUT2D eigenvalue weighted by Gasteiger charge is 2.16. The second kappa shape index (κ2) is 17.1. The largest absolute Gasteiger partial charge is 0.496 e. The number of anilines is 1. The number of nitro groups is 1. The highest BCUT2D eigenvalue weighted by molar-refractivity contribution is 6.31. The van der Waals surface area contributed by atoms with Gasteiger partial charge in [0.15, 0.2) is 11.6 Å². The normalized spacial score (nSPS) is 10.2. The first kappa shape index (κ1) is 37.9. The van der Waals surface area contributed by atoms with Gasteiger partial charge < -0.3 is 15.2 Å². The van der Waals surface area contributed by atoms with Crippen molar-refractivity contribution >= 4 is 46.1 Å². The summed E-state index contributed by atoms with van der Waals surface area (Å²) in [6.07, 6.45) is 0. The Morgan fingerprint density at radius 3 is 1.35 bits per heavy atom. The van der Waals surface area contributed by atoms with Gasteiger partial charge in [0.1, 0.15) is 11.5 Å². The Morgan fingerprint density at radius 1 is 0.588 bits per heavy atom. The lowest BCUT2D eigenvalue weighted by Crippen LogP contribution is -2.02. The first-order chi connectivity index (χ1) is 24.1. The molecule has 0 aliphatic heterocycles. The van der Waals surface area contributed by atoms with E-state index in [1.165, 1.54) is 24.3 Å². The maximum atomic E-state index is 12.7. The van der Waals surface area contributed by atoms with Crippen molar-refractivity contribution in [2.75, 3.05) is 20.0 Å². The van der Waals surface area contributed by atoms with E-state index in [0.29, 0.717) is 49.5 Å². The first-order valence-corrected chi connectivity index (χ1v) is 15.9. The van der Waals surface area contributed by atoms with Crippen LogP contribution < -0.4 is 15.2 Å². The molecule has 0 saturated carbocycles. The number of nitro benzene ring substituents is 1. The SMILES string of the molecule is C.COc1ccc(C(=O)c2ccc(N)cc2)cc1-c1cccc(Cl)c1.COc1ccc(C(=O)c2ccc([N+](=O)[O-])cc2)cc1-c1cccc(Cl)c1. The average molecular weight is 722 g/mol. The molecule has 0 amide bonds. The number of rotatable bonds is 9. The number of methoxy groups -OCH3 is 2. The molecule has 0 unspecified atom stereocenters. The lowest BCUT2D eigenvalue weighted by atomic mass is 9.97. The molecule has 0 aliphatic carbocycles. The average Bonchev–Trinajstić information content (AvgIpc) is 3.14. The summed E-state index contributed by atoms with van der Waals surface area (Å²) in [6, 6.07) is 37.6. The van der Waals surface area contributed by atoms with E-state index in [0.717, 1.165) is 22.3 Å². The number of ketones is 2. The summed E-state index contributed by atoms with van der Waals surface area (Å²) in [7, 11) is 3.16. The van der Waals surface area contributed by atoms with E-state index in [-0.39, 0.29) is 24.7 Å². The van der Waals surface area contributed by atoms with Gasteiger partial charge in [0.2, 0.25) is 0 Å². The van der Waals surface area contributed by atoms with Crippen molar-refractivity contribution in [3.05, 3.63) is 176 Å². The van der Waals surface area contributed by atoms with Gasteiger partial charge in [0, 0.05) is 61.2 Å². The Kier molecular flexibility index (Phi) is 12.7. The van der Waals surface area contributed by atoms with Crippen molar-refractivity contribution in [2.45, 2.75) is 7.43 Å². The minimum Gasteiger partial charge on any atom is -0.496 e. The van der Waals surface area contributed by atoms with Gasteiger partial charge in [-0.25, -0.2) is 0 Å². The lowest BCUT2D eigenvalue weighted by molar-refractivity contribution is -0.384. The third-order valence-corrected chi connectivity index (χ3v) is 8.18. The molecule has 0 spiro atoms. The molecule has 0 heterocycles. The topological polar surface area (TPSA) is 122 Å². The molecular formula is C41H34Cl2N2O6. The first-order valence-electron chi connectivity index (χ1n) is 15.1. The van der Waals surface area contributed by atoms with Gasteiger partial charge in [-0.15, -0.1) is 0 Å². The Hall–Kier alpha value is -5.96. The molecule has 2 N–H and O–H groups in total. The summed E-state index contributed by atoms with van der Waals surface area (Å²) in [5.41, 5.74) is 11.5. The second-order valence-electron chi connectivity index (χ2n) is 10.9. The molecule has 0 aliphatic rings. The fourth-order valence-corrected chi connectivity index (χ4v) is 5.54. The maximum absolute atomic E-state index is 12.7. The zero-order chi connectivity index (χ0) is 35.8.